The van der Waals surface area contributed by atoms with Crippen LogP contribution in [0.3, 0.4) is 0 Å². The number of amides is 1. The molecule has 0 bridgehead atoms. The van der Waals surface area contributed by atoms with Crippen molar-refractivity contribution < 1.29 is 49.3 Å². The number of hydrogen-bond donors (Lipinski definition) is 6. The van der Waals surface area contributed by atoms with Gasteiger partial charge in [0.1, 0.15) is 24.4 Å². The fourth-order valence-corrected chi connectivity index (χ4v) is 9.08. The summed E-state index contributed by atoms with van der Waals surface area (Å²) in [7, 11) is 0. The number of carbonyl (C=O) groups excluding carboxylic acids is 2. The van der Waals surface area contributed by atoms with Crippen LogP contribution in [0.2, 0.25) is 0 Å². The molecular weight excluding hydrogens is 847 g/mol. The lowest BCUT2D eigenvalue weighted by atomic mass is 9.99. The van der Waals surface area contributed by atoms with Gasteiger partial charge in [0.05, 0.1) is 32.0 Å². The van der Waals surface area contributed by atoms with Gasteiger partial charge in [-0.2, -0.15) is 0 Å². The van der Waals surface area contributed by atoms with Gasteiger partial charge in [-0.1, -0.05) is 238 Å². The number of hydrogen-bond acceptors (Lipinski definition) is 10. The van der Waals surface area contributed by atoms with Crippen LogP contribution in [0.15, 0.2) is 12.2 Å². The highest BCUT2D eigenvalue weighted by atomic mass is 16.7. The Labute approximate surface area is 410 Å². The molecule has 0 radical (unpaired) electrons. The second-order valence-corrected chi connectivity index (χ2v) is 20.0. The van der Waals surface area contributed by atoms with Gasteiger partial charge in [0.25, 0.3) is 0 Å². The van der Waals surface area contributed by atoms with E-state index >= 15 is 0 Å². The van der Waals surface area contributed by atoms with Crippen molar-refractivity contribution in [2.45, 2.75) is 314 Å². The van der Waals surface area contributed by atoms with Gasteiger partial charge < -0.3 is 45.1 Å². The van der Waals surface area contributed by atoms with Crippen LogP contribution in [-0.4, -0.2) is 100 Å². The van der Waals surface area contributed by atoms with Gasteiger partial charge >= 0.3 is 5.97 Å². The Morgan fingerprint density at radius 3 is 1.39 bits per heavy atom. The number of nitrogens with one attached hydrogen (secondary N) is 1. The number of aliphatic hydroxyl groups excluding tert-OH is 5. The minimum Gasteiger partial charge on any atom is -0.466 e. The lowest BCUT2D eigenvalue weighted by Gasteiger charge is -2.40. The van der Waals surface area contributed by atoms with Crippen LogP contribution in [-0.2, 0) is 23.8 Å². The van der Waals surface area contributed by atoms with Crippen LogP contribution in [0.4, 0.5) is 0 Å². The van der Waals surface area contributed by atoms with E-state index in [0.717, 1.165) is 64.2 Å². The first-order chi connectivity index (χ1) is 32.7. The SMILES string of the molecule is CCCCCCCCC/C=C/C(O)C(COC1OC(CO)C(O)C(O)C1O)NC(=O)CCCCCCCCCCCCCCCCCCCOC(=O)CCCCCCCCCCCCCCC. The molecule has 7 atom stereocenters. The molecule has 0 spiro atoms. The van der Waals surface area contributed by atoms with Crippen molar-refractivity contribution in [2.24, 2.45) is 0 Å². The van der Waals surface area contributed by atoms with Crippen LogP contribution >= 0.6 is 0 Å². The third kappa shape index (κ3) is 36.9. The topological polar surface area (TPSA) is 175 Å². The third-order valence-electron chi connectivity index (χ3n) is 13.7. The summed E-state index contributed by atoms with van der Waals surface area (Å²) < 4.78 is 16.7. The maximum atomic E-state index is 13.0. The molecule has 7 unspecified atom stereocenters. The molecule has 11 heteroatoms. The normalized spacial score (nSPS) is 19.5. The quantitative estimate of drug-likeness (QED) is 0.0196. The molecule has 0 aromatic carbocycles. The summed E-state index contributed by atoms with van der Waals surface area (Å²) in [6.07, 6.45) is 43.0. The lowest BCUT2D eigenvalue weighted by Crippen LogP contribution is -2.60. The van der Waals surface area contributed by atoms with E-state index in [1.807, 2.05) is 6.08 Å². The third-order valence-corrected chi connectivity index (χ3v) is 13.7. The van der Waals surface area contributed by atoms with Crippen molar-refractivity contribution in [3.63, 3.8) is 0 Å². The number of rotatable bonds is 49. The number of esters is 1. The van der Waals surface area contributed by atoms with Crippen molar-refractivity contribution in [1.29, 1.82) is 0 Å². The first kappa shape index (κ1) is 63.4. The lowest BCUT2D eigenvalue weighted by molar-refractivity contribution is -0.302. The first-order valence-corrected chi connectivity index (χ1v) is 28.5. The molecule has 67 heavy (non-hydrogen) atoms. The summed E-state index contributed by atoms with van der Waals surface area (Å²) in [4.78, 5) is 25.0. The molecule has 1 fully saturated rings. The van der Waals surface area contributed by atoms with E-state index in [4.69, 9.17) is 14.2 Å². The smallest absolute Gasteiger partial charge is 0.305 e. The minimum atomic E-state index is -1.57. The predicted octanol–water partition coefficient (Wildman–Crippen LogP) is 12.4. The van der Waals surface area contributed by atoms with E-state index in [1.54, 1.807) is 6.08 Å². The molecule has 1 rings (SSSR count). The molecular formula is C56H107NO10. The number of aliphatic hydroxyl groups is 5. The Morgan fingerprint density at radius 1 is 0.537 bits per heavy atom. The van der Waals surface area contributed by atoms with E-state index in [9.17, 15) is 35.1 Å². The molecule has 0 saturated carbocycles. The minimum absolute atomic E-state index is 0.00983. The van der Waals surface area contributed by atoms with E-state index in [2.05, 4.69) is 19.2 Å². The van der Waals surface area contributed by atoms with Gasteiger partial charge in [0.2, 0.25) is 5.91 Å². The Kier molecular flexibility index (Phi) is 44.3. The van der Waals surface area contributed by atoms with E-state index in [-0.39, 0.29) is 18.5 Å². The first-order valence-electron chi connectivity index (χ1n) is 28.5. The Hall–Kier alpha value is -1.60. The van der Waals surface area contributed by atoms with Gasteiger partial charge in [-0.25, -0.2) is 0 Å². The molecule has 11 nitrogen and oxygen atoms in total. The predicted molar refractivity (Wildman–Crippen MR) is 274 cm³/mol. The van der Waals surface area contributed by atoms with Crippen LogP contribution in [0, 0.1) is 0 Å². The summed E-state index contributed by atoms with van der Waals surface area (Å²) in [5.74, 6) is -0.198. The zero-order chi connectivity index (χ0) is 48.8. The number of unbranched alkanes of at least 4 members (excludes halogenated alkanes) is 35. The molecule has 1 aliphatic heterocycles. The average molecular weight is 954 g/mol. The Balaban J connectivity index is 2.05. The van der Waals surface area contributed by atoms with Crippen molar-refractivity contribution >= 4 is 11.9 Å². The monoisotopic (exact) mass is 954 g/mol. The van der Waals surface area contributed by atoms with E-state index in [1.165, 1.54) is 180 Å². The van der Waals surface area contributed by atoms with Crippen LogP contribution in [0.5, 0.6) is 0 Å². The molecule has 396 valence electrons. The summed E-state index contributed by atoms with van der Waals surface area (Å²) in [5, 5.41) is 54.1. The van der Waals surface area contributed by atoms with Gasteiger partial charge in [-0.3, -0.25) is 9.59 Å². The Morgan fingerprint density at radius 2 is 0.940 bits per heavy atom. The molecule has 6 N–H and O–H groups in total. The van der Waals surface area contributed by atoms with E-state index in [0.29, 0.717) is 19.4 Å². The zero-order valence-corrected chi connectivity index (χ0v) is 43.4. The number of allylic oxidation sites excluding steroid dienone is 1. The van der Waals surface area contributed by atoms with Crippen molar-refractivity contribution in [1.82, 2.24) is 5.32 Å². The maximum absolute atomic E-state index is 13.0. The van der Waals surface area contributed by atoms with Gasteiger partial charge in [-0.15, -0.1) is 0 Å². The summed E-state index contributed by atoms with van der Waals surface area (Å²) >= 11 is 0. The highest BCUT2D eigenvalue weighted by Crippen LogP contribution is 2.23. The highest BCUT2D eigenvalue weighted by molar-refractivity contribution is 5.76. The standard InChI is InChI=1S/C56H107NO10/c1-3-5-7-9-11-13-14-20-24-28-32-36-40-44-52(61)65-45-41-37-33-29-25-22-19-17-15-16-18-21-23-27-31-35-39-43-51(60)57-48(49(59)42-38-34-30-26-12-10-8-6-4-2)47-66-56-55(64)54(63)53(62)50(46-58)67-56/h38,42,48-50,53-56,58-59,62-64H,3-37,39-41,43-47H2,1-2H3,(H,57,60)/b42-38+. The largest absolute Gasteiger partial charge is 0.466 e. The molecule has 0 aliphatic carbocycles. The average Bonchev–Trinajstić information content (AvgIpc) is 3.32. The highest BCUT2D eigenvalue weighted by Gasteiger charge is 2.44. The van der Waals surface area contributed by atoms with Gasteiger partial charge in [0, 0.05) is 12.8 Å². The van der Waals surface area contributed by atoms with Crippen molar-refractivity contribution in [3.05, 3.63) is 12.2 Å². The second-order valence-electron chi connectivity index (χ2n) is 20.0. The number of ether oxygens (including phenoxy) is 3. The maximum Gasteiger partial charge on any atom is 0.305 e. The molecule has 0 aromatic rings. The van der Waals surface area contributed by atoms with Crippen LogP contribution < -0.4 is 5.32 Å². The fourth-order valence-electron chi connectivity index (χ4n) is 9.08. The zero-order valence-electron chi connectivity index (χ0n) is 43.4. The summed E-state index contributed by atoms with van der Waals surface area (Å²) in [5.41, 5.74) is 0. The molecule has 1 heterocycles. The van der Waals surface area contributed by atoms with Crippen LogP contribution in [0.1, 0.15) is 271 Å². The second kappa shape index (κ2) is 46.8. The van der Waals surface area contributed by atoms with Crippen molar-refractivity contribution in [2.75, 3.05) is 19.8 Å². The molecule has 1 aliphatic rings. The van der Waals surface area contributed by atoms with Gasteiger partial charge in [0.15, 0.2) is 6.29 Å². The molecule has 1 amide bonds. The van der Waals surface area contributed by atoms with Gasteiger partial charge in [-0.05, 0) is 32.1 Å². The summed E-state index contributed by atoms with van der Waals surface area (Å²) in [6, 6.07) is -0.811. The van der Waals surface area contributed by atoms with Crippen molar-refractivity contribution in [3.8, 4) is 0 Å². The fraction of sp³-hybridized carbons (Fsp3) is 0.929. The summed E-state index contributed by atoms with van der Waals surface area (Å²) in [6.45, 7) is 4.30. The molecule has 0 aromatic heterocycles. The van der Waals surface area contributed by atoms with E-state index < -0.39 is 49.5 Å². The molecule has 1 saturated heterocycles. The van der Waals surface area contributed by atoms with Crippen LogP contribution in [0.25, 0.3) is 0 Å². The number of carbonyl (C=O) groups is 2. The Bertz CT molecular complexity index is 1120.